The van der Waals surface area contributed by atoms with Crippen molar-refractivity contribution in [2.24, 2.45) is 5.92 Å². The molecule has 0 spiro atoms. The highest BCUT2D eigenvalue weighted by Crippen LogP contribution is 2.39. The van der Waals surface area contributed by atoms with Gasteiger partial charge in [-0.25, -0.2) is 4.98 Å². The summed E-state index contributed by atoms with van der Waals surface area (Å²) in [4.78, 5) is 14.4. The van der Waals surface area contributed by atoms with Gasteiger partial charge in [0.2, 0.25) is 5.95 Å². The lowest BCUT2D eigenvalue weighted by Gasteiger charge is -2.44. The number of likely N-dealkylation sites (tertiary alicyclic amines) is 1. The van der Waals surface area contributed by atoms with Crippen molar-refractivity contribution in [3.05, 3.63) is 48.0 Å². The first-order chi connectivity index (χ1) is 16.5. The molecule has 0 bridgehead atoms. The Bertz CT molecular complexity index is 1140. The van der Waals surface area contributed by atoms with Crippen LogP contribution in [0.5, 0.6) is 11.5 Å². The molecule has 1 aliphatic carbocycles. The fraction of sp³-hybridized carbons (Fsp3) is 0.481. The van der Waals surface area contributed by atoms with Gasteiger partial charge in [0.1, 0.15) is 5.82 Å². The third kappa shape index (κ3) is 4.49. The van der Waals surface area contributed by atoms with E-state index in [2.05, 4.69) is 52.2 Å². The minimum Gasteiger partial charge on any atom is -0.493 e. The number of aromatic nitrogens is 2. The fourth-order valence-corrected chi connectivity index (χ4v) is 5.32. The third-order valence-electron chi connectivity index (χ3n) is 7.51. The number of methoxy groups -OCH3 is 2. The van der Waals surface area contributed by atoms with Crippen LogP contribution in [0.1, 0.15) is 31.2 Å². The first-order valence-corrected chi connectivity index (χ1v) is 12.2. The third-order valence-corrected chi connectivity index (χ3v) is 7.51. The van der Waals surface area contributed by atoms with Crippen LogP contribution in [0.2, 0.25) is 0 Å². The molecular weight excluding hydrogens is 426 g/mol. The van der Waals surface area contributed by atoms with Crippen molar-refractivity contribution in [3.63, 3.8) is 0 Å². The van der Waals surface area contributed by atoms with E-state index in [-0.39, 0.29) is 5.41 Å². The first-order valence-electron chi connectivity index (χ1n) is 12.2. The highest BCUT2D eigenvalue weighted by Gasteiger charge is 2.38. The zero-order valence-corrected chi connectivity index (χ0v) is 20.5. The molecule has 1 aromatic heterocycles. The molecule has 180 valence electrons. The molecule has 1 saturated carbocycles. The number of nitrogens with zero attached hydrogens (tertiary/aromatic N) is 4. The number of ether oxygens (including phenoxy) is 2. The van der Waals surface area contributed by atoms with Crippen molar-refractivity contribution < 1.29 is 9.47 Å². The molecule has 7 nitrogen and oxygen atoms in total. The topological polar surface area (TPSA) is 76.7 Å². The summed E-state index contributed by atoms with van der Waals surface area (Å²) in [5.74, 6) is 3.25. The molecule has 0 atom stereocenters. The summed E-state index contributed by atoms with van der Waals surface area (Å²) in [6.07, 6.45) is 5.06. The van der Waals surface area contributed by atoms with E-state index in [4.69, 9.17) is 20.2 Å². The molecule has 0 radical (unpaired) electrons. The van der Waals surface area contributed by atoms with Gasteiger partial charge < -0.3 is 25.0 Å². The quantitative estimate of drug-likeness (QED) is 0.541. The van der Waals surface area contributed by atoms with Gasteiger partial charge in [-0.15, -0.1) is 0 Å². The van der Waals surface area contributed by atoms with Crippen molar-refractivity contribution in [2.75, 3.05) is 58.1 Å². The Kier molecular flexibility index (Phi) is 6.21. The lowest BCUT2D eigenvalue weighted by atomic mass is 9.72. The van der Waals surface area contributed by atoms with Gasteiger partial charge in [-0.05, 0) is 56.3 Å². The average molecular weight is 462 g/mol. The molecule has 0 unspecified atom stereocenters. The fourth-order valence-electron chi connectivity index (χ4n) is 5.32. The van der Waals surface area contributed by atoms with Crippen molar-refractivity contribution in [1.29, 1.82) is 0 Å². The van der Waals surface area contributed by atoms with E-state index < -0.39 is 0 Å². The molecule has 1 saturated heterocycles. The largest absolute Gasteiger partial charge is 0.493 e. The molecule has 3 aromatic rings. The van der Waals surface area contributed by atoms with E-state index in [1.54, 1.807) is 14.2 Å². The van der Waals surface area contributed by atoms with Crippen LogP contribution in [0.15, 0.2) is 42.5 Å². The number of nitrogens with two attached hydrogens (primary N) is 1. The molecular formula is C27H35N5O2. The summed E-state index contributed by atoms with van der Waals surface area (Å²) in [5.41, 5.74) is 8.58. The van der Waals surface area contributed by atoms with E-state index in [9.17, 15) is 0 Å². The molecule has 5 rings (SSSR count). The molecule has 2 N–H and O–H groups in total. The highest BCUT2D eigenvalue weighted by atomic mass is 16.5. The van der Waals surface area contributed by atoms with Crippen LogP contribution < -0.4 is 20.1 Å². The maximum absolute atomic E-state index is 6.38. The van der Waals surface area contributed by atoms with E-state index in [1.807, 2.05) is 12.1 Å². The zero-order chi connectivity index (χ0) is 23.7. The Labute approximate surface area is 201 Å². The number of rotatable bonds is 8. The van der Waals surface area contributed by atoms with Gasteiger partial charge in [0, 0.05) is 37.0 Å². The molecule has 2 aromatic carbocycles. The molecule has 1 aliphatic heterocycles. The lowest BCUT2D eigenvalue weighted by Crippen LogP contribution is -2.49. The molecule has 2 heterocycles. The Balaban J connectivity index is 1.43. The second-order valence-electron chi connectivity index (χ2n) is 9.88. The molecule has 0 amide bonds. The van der Waals surface area contributed by atoms with E-state index in [0.29, 0.717) is 23.3 Å². The summed E-state index contributed by atoms with van der Waals surface area (Å²) in [6, 6.07) is 14.7. The van der Waals surface area contributed by atoms with Crippen LogP contribution in [0.4, 0.5) is 11.8 Å². The number of hydrogen-bond acceptors (Lipinski definition) is 7. The lowest BCUT2D eigenvalue weighted by molar-refractivity contribution is 0.156. The van der Waals surface area contributed by atoms with Gasteiger partial charge in [0.15, 0.2) is 11.5 Å². The van der Waals surface area contributed by atoms with Crippen LogP contribution in [-0.2, 0) is 5.41 Å². The van der Waals surface area contributed by atoms with Crippen molar-refractivity contribution in [3.8, 4) is 11.5 Å². The number of anilines is 2. The average Bonchev–Trinajstić information content (AvgIpc) is 3.69. The van der Waals surface area contributed by atoms with Crippen LogP contribution in [-0.4, -0.2) is 62.3 Å². The Morgan fingerprint density at radius 2 is 1.71 bits per heavy atom. The van der Waals surface area contributed by atoms with Gasteiger partial charge in [-0.3, -0.25) is 0 Å². The van der Waals surface area contributed by atoms with Gasteiger partial charge in [0.05, 0.1) is 19.7 Å². The van der Waals surface area contributed by atoms with Crippen LogP contribution in [0.3, 0.4) is 0 Å². The standard InChI is InChI=1S/C27H35N5O2/c1-31(26-29-22-16-24(34-3)23(33-2)15-21(22)25(28)30-26)18-27(20-7-5-4-6-8-20)11-13-32(14-12-27)17-19-9-10-19/h4-8,15-16,19H,9-14,17-18H2,1-3H3,(H2,28,29,30). The summed E-state index contributed by atoms with van der Waals surface area (Å²) in [6.45, 7) is 4.37. The number of fused-ring (bicyclic) bond motifs is 1. The number of likely N-dealkylation sites (N-methyl/N-ethyl adjacent to an activating group) is 1. The number of hydrogen-bond donors (Lipinski definition) is 1. The molecule has 7 heteroatoms. The summed E-state index contributed by atoms with van der Waals surface area (Å²) in [5, 5.41) is 0.765. The van der Waals surface area contributed by atoms with Crippen molar-refractivity contribution in [2.45, 2.75) is 31.1 Å². The molecule has 2 fully saturated rings. The van der Waals surface area contributed by atoms with Crippen LogP contribution >= 0.6 is 0 Å². The van der Waals surface area contributed by atoms with Crippen LogP contribution in [0, 0.1) is 5.92 Å². The van der Waals surface area contributed by atoms with Gasteiger partial charge >= 0.3 is 0 Å². The second kappa shape index (κ2) is 9.29. The highest BCUT2D eigenvalue weighted by molar-refractivity contribution is 5.91. The van der Waals surface area contributed by atoms with Gasteiger partial charge in [-0.1, -0.05) is 30.3 Å². The first kappa shape index (κ1) is 22.7. The van der Waals surface area contributed by atoms with Crippen LogP contribution in [0.25, 0.3) is 10.9 Å². The maximum atomic E-state index is 6.38. The maximum Gasteiger partial charge on any atom is 0.227 e. The minimum atomic E-state index is 0.0563. The molecule has 2 aliphatic rings. The zero-order valence-electron chi connectivity index (χ0n) is 20.5. The number of nitrogen functional groups attached to an aromatic ring is 1. The number of piperidine rings is 1. The minimum absolute atomic E-state index is 0.0563. The van der Waals surface area contributed by atoms with Gasteiger partial charge in [0.25, 0.3) is 0 Å². The predicted molar refractivity (Wildman–Crippen MR) is 137 cm³/mol. The smallest absolute Gasteiger partial charge is 0.227 e. The summed E-state index contributed by atoms with van der Waals surface area (Å²) < 4.78 is 10.9. The van der Waals surface area contributed by atoms with Gasteiger partial charge in [-0.2, -0.15) is 4.98 Å². The Hall–Kier alpha value is -3.06. The normalized spacial score (nSPS) is 18.1. The SMILES string of the molecule is COc1cc2nc(N(C)CC3(c4ccccc4)CCN(CC4CC4)CC3)nc(N)c2cc1OC. The Morgan fingerprint density at radius 3 is 2.35 bits per heavy atom. The van der Waals surface area contributed by atoms with E-state index in [0.717, 1.165) is 49.3 Å². The predicted octanol–water partition coefficient (Wildman–Crippen LogP) is 4.11. The summed E-state index contributed by atoms with van der Waals surface area (Å²) >= 11 is 0. The number of benzene rings is 2. The Morgan fingerprint density at radius 1 is 1.03 bits per heavy atom. The van der Waals surface area contributed by atoms with Crippen molar-refractivity contribution >= 4 is 22.7 Å². The molecule has 34 heavy (non-hydrogen) atoms. The second-order valence-corrected chi connectivity index (χ2v) is 9.88. The summed E-state index contributed by atoms with van der Waals surface area (Å²) in [7, 11) is 5.31. The van der Waals surface area contributed by atoms with Crippen molar-refractivity contribution in [1.82, 2.24) is 14.9 Å². The van der Waals surface area contributed by atoms with E-state index >= 15 is 0 Å². The monoisotopic (exact) mass is 461 g/mol. The van der Waals surface area contributed by atoms with E-state index in [1.165, 1.54) is 24.9 Å².